The second kappa shape index (κ2) is 5.02. The van der Waals surface area contributed by atoms with Gasteiger partial charge in [0.1, 0.15) is 11.4 Å². The van der Waals surface area contributed by atoms with E-state index in [0.29, 0.717) is 38.0 Å². The summed E-state index contributed by atoms with van der Waals surface area (Å²) in [7, 11) is 0. The van der Waals surface area contributed by atoms with Gasteiger partial charge in [-0.1, -0.05) is 6.07 Å². The molecular formula is C15H18N2O4. The number of amides is 1. The van der Waals surface area contributed by atoms with Gasteiger partial charge in [0.2, 0.25) is 0 Å². The Morgan fingerprint density at radius 1 is 1.43 bits per heavy atom. The fraction of sp³-hybridized carbons (Fsp3) is 0.533. The highest BCUT2D eigenvalue weighted by Gasteiger charge is 2.48. The van der Waals surface area contributed by atoms with Gasteiger partial charge in [0, 0.05) is 5.69 Å². The highest BCUT2D eigenvalue weighted by molar-refractivity contribution is 5.89. The summed E-state index contributed by atoms with van der Waals surface area (Å²) in [5.41, 5.74) is 0.296. The first kappa shape index (κ1) is 13.9. The minimum Gasteiger partial charge on any atom is -0.481 e. The van der Waals surface area contributed by atoms with Crippen LogP contribution in [0.4, 0.5) is 10.6 Å². The third-order valence-electron chi connectivity index (χ3n) is 4.37. The van der Waals surface area contributed by atoms with Crippen LogP contribution in [-0.2, 0) is 9.53 Å². The molecule has 6 nitrogen and oxygen atoms in total. The molecule has 21 heavy (non-hydrogen) atoms. The van der Waals surface area contributed by atoms with Crippen LogP contribution in [0.2, 0.25) is 0 Å². The molecule has 112 valence electrons. The Bertz CT molecular complexity index is 579. The van der Waals surface area contributed by atoms with Crippen LogP contribution in [0, 0.1) is 12.8 Å². The summed E-state index contributed by atoms with van der Waals surface area (Å²) in [6.45, 7) is 2.33. The van der Waals surface area contributed by atoms with E-state index in [2.05, 4.69) is 4.98 Å². The molecule has 1 aliphatic heterocycles. The minimum absolute atomic E-state index is 0.319. The van der Waals surface area contributed by atoms with Crippen LogP contribution in [-0.4, -0.2) is 34.3 Å². The van der Waals surface area contributed by atoms with Crippen molar-refractivity contribution in [2.75, 3.05) is 11.4 Å². The van der Waals surface area contributed by atoms with Crippen LogP contribution < -0.4 is 4.90 Å². The first-order chi connectivity index (χ1) is 9.99. The van der Waals surface area contributed by atoms with Crippen LogP contribution in [0.25, 0.3) is 0 Å². The number of carbonyl (C=O) groups is 2. The topological polar surface area (TPSA) is 79.7 Å². The minimum atomic E-state index is -0.758. The molecule has 0 aromatic carbocycles. The van der Waals surface area contributed by atoms with E-state index in [0.717, 1.165) is 5.69 Å². The van der Waals surface area contributed by atoms with E-state index in [1.165, 1.54) is 0 Å². The Hall–Kier alpha value is -2.11. The fourth-order valence-electron chi connectivity index (χ4n) is 3.13. The Morgan fingerprint density at radius 3 is 2.76 bits per heavy atom. The number of aryl methyl sites for hydroxylation is 1. The van der Waals surface area contributed by atoms with Gasteiger partial charge >= 0.3 is 12.1 Å². The van der Waals surface area contributed by atoms with Gasteiger partial charge in [0.05, 0.1) is 12.5 Å². The van der Waals surface area contributed by atoms with Gasteiger partial charge in [-0.25, -0.2) is 9.78 Å². The maximum atomic E-state index is 12.1. The lowest BCUT2D eigenvalue weighted by molar-refractivity contribution is -0.144. The quantitative estimate of drug-likeness (QED) is 0.904. The Balaban J connectivity index is 1.75. The van der Waals surface area contributed by atoms with Crippen LogP contribution in [0.5, 0.6) is 0 Å². The number of aromatic nitrogens is 1. The third-order valence-corrected chi connectivity index (χ3v) is 4.37. The molecule has 2 fully saturated rings. The molecule has 1 saturated carbocycles. The molecule has 1 spiro atoms. The summed E-state index contributed by atoms with van der Waals surface area (Å²) < 4.78 is 5.58. The lowest BCUT2D eigenvalue weighted by Crippen LogP contribution is -2.40. The van der Waals surface area contributed by atoms with Crippen molar-refractivity contribution >= 4 is 17.9 Å². The van der Waals surface area contributed by atoms with Crippen LogP contribution in [0.3, 0.4) is 0 Å². The monoisotopic (exact) mass is 290 g/mol. The molecule has 1 amide bonds. The zero-order valence-corrected chi connectivity index (χ0v) is 11.9. The van der Waals surface area contributed by atoms with E-state index in [1.54, 1.807) is 11.0 Å². The lowest BCUT2D eigenvalue weighted by Gasteiger charge is -2.33. The number of hydrogen-bond acceptors (Lipinski definition) is 4. The van der Waals surface area contributed by atoms with Crippen molar-refractivity contribution in [1.82, 2.24) is 4.98 Å². The second-order valence-electron chi connectivity index (χ2n) is 5.89. The molecule has 6 heteroatoms. The molecule has 2 heterocycles. The lowest BCUT2D eigenvalue weighted by atomic mass is 9.79. The summed E-state index contributed by atoms with van der Waals surface area (Å²) in [6, 6.07) is 5.52. The highest BCUT2D eigenvalue weighted by Crippen LogP contribution is 2.40. The molecule has 3 rings (SSSR count). The summed E-state index contributed by atoms with van der Waals surface area (Å²) >= 11 is 0. The van der Waals surface area contributed by atoms with Gasteiger partial charge in [0.15, 0.2) is 0 Å². The summed E-state index contributed by atoms with van der Waals surface area (Å²) in [6.07, 6.45) is 1.91. The summed E-state index contributed by atoms with van der Waals surface area (Å²) in [5.74, 6) is -0.482. The summed E-state index contributed by atoms with van der Waals surface area (Å²) in [4.78, 5) is 29.0. The van der Waals surface area contributed by atoms with Crippen LogP contribution >= 0.6 is 0 Å². The van der Waals surface area contributed by atoms with E-state index in [9.17, 15) is 9.59 Å². The first-order valence-corrected chi connectivity index (χ1v) is 7.16. The predicted molar refractivity (Wildman–Crippen MR) is 75.1 cm³/mol. The molecule has 1 aliphatic carbocycles. The zero-order valence-electron chi connectivity index (χ0n) is 11.9. The smallest absolute Gasteiger partial charge is 0.416 e. The normalized spacial score (nSPS) is 28.7. The Labute approximate surface area is 122 Å². The molecule has 0 unspecified atom stereocenters. The van der Waals surface area contributed by atoms with Crippen molar-refractivity contribution in [2.45, 2.75) is 38.2 Å². The number of aliphatic carboxylic acids is 1. The average Bonchev–Trinajstić information content (AvgIpc) is 2.76. The molecule has 0 bridgehead atoms. The number of carbonyl (C=O) groups excluding carboxylic acids is 1. The standard InChI is InChI=1S/C15H18N2O4/c1-10-3-2-4-12(16-10)17-9-15(21-14(17)20)7-5-11(6-8-15)13(18)19/h2-4,11H,5-9H2,1H3,(H,18,19)/t11-,15+. The van der Waals surface area contributed by atoms with E-state index in [4.69, 9.17) is 9.84 Å². The van der Waals surface area contributed by atoms with Crippen molar-refractivity contribution in [1.29, 1.82) is 0 Å². The van der Waals surface area contributed by atoms with Gasteiger partial charge in [-0.15, -0.1) is 0 Å². The number of anilines is 1. The fourth-order valence-corrected chi connectivity index (χ4v) is 3.13. The molecule has 1 N–H and O–H groups in total. The van der Waals surface area contributed by atoms with E-state index in [1.807, 2.05) is 19.1 Å². The maximum Gasteiger partial charge on any atom is 0.416 e. The largest absolute Gasteiger partial charge is 0.481 e. The number of carboxylic acids is 1. The van der Waals surface area contributed by atoms with Gasteiger partial charge < -0.3 is 9.84 Å². The maximum absolute atomic E-state index is 12.1. The van der Waals surface area contributed by atoms with Gasteiger partial charge in [0.25, 0.3) is 0 Å². The molecule has 2 aliphatic rings. The van der Waals surface area contributed by atoms with E-state index < -0.39 is 11.6 Å². The number of carboxylic acid groups (broad SMARTS) is 1. The zero-order chi connectivity index (χ0) is 15.0. The van der Waals surface area contributed by atoms with E-state index >= 15 is 0 Å². The number of rotatable bonds is 2. The van der Waals surface area contributed by atoms with Crippen molar-refractivity contribution in [3.8, 4) is 0 Å². The van der Waals surface area contributed by atoms with Crippen molar-refractivity contribution in [3.05, 3.63) is 23.9 Å². The molecule has 0 radical (unpaired) electrons. The first-order valence-electron chi connectivity index (χ1n) is 7.16. The molecule has 1 aromatic rings. The number of pyridine rings is 1. The SMILES string of the molecule is Cc1cccc(N2C[C@]3(CC[C@H](C(=O)O)CC3)OC2=O)n1. The molecule has 1 saturated heterocycles. The predicted octanol–water partition coefficient (Wildman–Crippen LogP) is 2.36. The highest BCUT2D eigenvalue weighted by atomic mass is 16.6. The van der Waals surface area contributed by atoms with Crippen LogP contribution in [0.1, 0.15) is 31.4 Å². The number of ether oxygens (including phenoxy) is 1. The number of nitrogens with zero attached hydrogens (tertiary/aromatic N) is 2. The summed E-state index contributed by atoms with van der Waals surface area (Å²) in [5, 5.41) is 9.05. The molecule has 0 atom stereocenters. The van der Waals surface area contributed by atoms with Crippen molar-refractivity contribution < 1.29 is 19.4 Å². The van der Waals surface area contributed by atoms with Crippen molar-refractivity contribution in [3.63, 3.8) is 0 Å². The molecule has 1 aromatic heterocycles. The van der Waals surface area contributed by atoms with E-state index in [-0.39, 0.29) is 12.0 Å². The van der Waals surface area contributed by atoms with Gasteiger partial charge in [-0.05, 0) is 44.7 Å². The molecular weight excluding hydrogens is 272 g/mol. The van der Waals surface area contributed by atoms with Crippen LogP contribution in [0.15, 0.2) is 18.2 Å². The second-order valence-corrected chi connectivity index (χ2v) is 5.89. The number of hydrogen-bond donors (Lipinski definition) is 1. The van der Waals surface area contributed by atoms with Gasteiger partial charge in [-0.3, -0.25) is 9.69 Å². The Morgan fingerprint density at radius 2 is 2.14 bits per heavy atom. The van der Waals surface area contributed by atoms with Crippen molar-refractivity contribution in [2.24, 2.45) is 5.92 Å². The Kier molecular flexibility index (Phi) is 3.31. The third kappa shape index (κ3) is 2.57. The average molecular weight is 290 g/mol. The van der Waals surface area contributed by atoms with Gasteiger partial charge in [-0.2, -0.15) is 0 Å².